The first kappa shape index (κ1) is 16.2. The first-order valence-electron chi connectivity index (χ1n) is 6.80. The average molecular weight is 364 g/mol. The van der Waals surface area contributed by atoms with Gasteiger partial charge in [0.2, 0.25) is 0 Å². The number of nitrogens with one attached hydrogen (secondary N) is 1. The lowest BCUT2D eigenvalue weighted by Crippen LogP contribution is -2.09. The van der Waals surface area contributed by atoms with Crippen LogP contribution >= 0.6 is 23.2 Å². The number of furan rings is 1. The third-order valence-corrected chi connectivity index (χ3v) is 3.81. The Bertz CT molecular complexity index is 916. The summed E-state index contributed by atoms with van der Waals surface area (Å²) in [5.74, 6) is 0.765. The molecule has 1 amide bonds. The smallest absolute Gasteiger partial charge is 0.270 e. The summed E-state index contributed by atoms with van der Waals surface area (Å²) in [5, 5.41) is 14.5. The molecular formula is C15H11Cl2N5O2. The lowest BCUT2D eigenvalue weighted by atomic mass is 10.2. The van der Waals surface area contributed by atoms with Crippen molar-refractivity contribution < 1.29 is 9.21 Å². The number of nitrogens with zero attached hydrogens (tertiary/aromatic N) is 4. The SMILES string of the molecule is Cn1nnc(NC(=O)C=Cc2ccc(-c3cccc(Cl)c3Cl)o2)n1. The van der Waals surface area contributed by atoms with Gasteiger partial charge in [0.05, 0.1) is 17.1 Å². The number of aryl methyl sites for hydroxylation is 1. The highest BCUT2D eigenvalue weighted by Crippen LogP contribution is 2.34. The van der Waals surface area contributed by atoms with Gasteiger partial charge in [0, 0.05) is 11.6 Å². The molecule has 3 aromatic rings. The van der Waals surface area contributed by atoms with Gasteiger partial charge in [-0.25, -0.2) is 0 Å². The van der Waals surface area contributed by atoms with E-state index in [2.05, 4.69) is 20.7 Å². The van der Waals surface area contributed by atoms with Crippen LogP contribution in [-0.4, -0.2) is 26.1 Å². The van der Waals surface area contributed by atoms with Crippen molar-refractivity contribution in [2.24, 2.45) is 7.05 Å². The van der Waals surface area contributed by atoms with Gasteiger partial charge in [0.25, 0.3) is 11.9 Å². The van der Waals surface area contributed by atoms with Gasteiger partial charge in [-0.05, 0) is 35.6 Å². The Hall–Kier alpha value is -2.64. The van der Waals surface area contributed by atoms with Crippen molar-refractivity contribution in [3.63, 3.8) is 0 Å². The summed E-state index contributed by atoms with van der Waals surface area (Å²) in [4.78, 5) is 13.0. The lowest BCUT2D eigenvalue weighted by Gasteiger charge is -2.01. The van der Waals surface area contributed by atoms with Gasteiger partial charge in [-0.15, -0.1) is 5.10 Å². The van der Waals surface area contributed by atoms with E-state index in [4.69, 9.17) is 27.6 Å². The molecular weight excluding hydrogens is 353 g/mol. The molecule has 2 aromatic heterocycles. The Kier molecular flexibility index (Phi) is 4.64. The van der Waals surface area contributed by atoms with Crippen molar-refractivity contribution in [1.82, 2.24) is 20.2 Å². The van der Waals surface area contributed by atoms with Crippen LogP contribution in [-0.2, 0) is 11.8 Å². The van der Waals surface area contributed by atoms with Crippen LogP contribution in [0.1, 0.15) is 5.76 Å². The van der Waals surface area contributed by atoms with Crippen LogP contribution in [0.15, 0.2) is 40.8 Å². The monoisotopic (exact) mass is 363 g/mol. The summed E-state index contributed by atoms with van der Waals surface area (Å²) in [6, 6.07) is 8.74. The molecule has 2 heterocycles. The van der Waals surface area contributed by atoms with Crippen molar-refractivity contribution >= 4 is 41.1 Å². The zero-order chi connectivity index (χ0) is 17.1. The van der Waals surface area contributed by atoms with Gasteiger partial charge >= 0.3 is 0 Å². The molecule has 24 heavy (non-hydrogen) atoms. The number of anilines is 1. The number of benzene rings is 1. The lowest BCUT2D eigenvalue weighted by molar-refractivity contribution is -0.111. The Labute approximate surface area is 146 Å². The molecule has 0 aliphatic rings. The molecule has 7 nitrogen and oxygen atoms in total. The van der Waals surface area contributed by atoms with E-state index in [0.29, 0.717) is 27.1 Å². The molecule has 0 saturated heterocycles. The second-order valence-corrected chi connectivity index (χ2v) is 5.51. The molecule has 0 aliphatic carbocycles. The Morgan fingerprint density at radius 1 is 1.29 bits per heavy atom. The predicted octanol–water partition coefficient (Wildman–Crippen LogP) is 3.43. The van der Waals surface area contributed by atoms with Gasteiger partial charge in [-0.1, -0.05) is 34.4 Å². The third-order valence-electron chi connectivity index (χ3n) is 2.99. The Morgan fingerprint density at radius 3 is 2.88 bits per heavy atom. The summed E-state index contributed by atoms with van der Waals surface area (Å²) < 4.78 is 5.65. The zero-order valence-electron chi connectivity index (χ0n) is 12.4. The van der Waals surface area contributed by atoms with E-state index in [1.165, 1.54) is 16.9 Å². The number of rotatable bonds is 4. The molecule has 0 unspecified atom stereocenters. The maximum absolute atomic E-state index is 11.8. The quantitative estimate of drug-likeness (QED) is 0.717. The number of aromatic nitrogens is 4. The summed E-state index contributed by atoms with van der Waals surface area (Å²) in [7, 11) is 1.60. The number of hydrogen-bond acceptors (Lipinski definition) is 5. The van der Waals surface area contributed by atoms with Crippen molar-refractivity contribution in [1.29, 1.82) is 0 Å². The minimum absolute atomic E-state index is 0.123. The fourth-order valence-corrected chi connectivity index (χ4v) is 2.32. The summed E-state index contributed by atoms with van der Waals surface area (Å²) in [5.41, 5.74) is 0.678. The van der Waals surface area contributed by atoms with Crippen molar-refractivity contribution in [3.8, 4) is 11.3 Å². The summed E-state index contributed by atoms with van der Waals surface area (Å²) in [6.45, 7) is 0. The summed E-state index contributed by atoms with van der Waals surface area (Å²) >= 11 is 12.2. The van der Waals surface area contributed by atoms with Gasteiger partial charge in [0.15, 0.2) is 0 Å². The number of amides is 1. The van der Waals surface area contributed by atoms with Crippen LogP contribution in [0.4, 0.5) is 5.95 Å². The number of carbonyl (C=O) groups excluding carboxylic acids is 1. The van der Waals surface area contributed by atoms with E-state index in [1.807, 2.05) is 0 Å². The zero-order valence-corrected chi connectivity index (χ0v) is 13.9. The van der Waals surface area contributed by atoms with Gasteiger partial charge < -0.3 is 4.42 Å². The van der Waals surface area contributed by atoms with Crippen LogP contribution in [0.25, 0.3) is 17.4 Å². The highest BCUT2D eigenvalue weighted by atomic mass is 35.5. The molecule has 1 aromatic carbocycles. The van der Waals surface area contributed by atoms with E-state index in [0.717, 1.165) is 0 Å². The second kappa shape index (κ2) is 6.86. The van der Waals surface area contributed by atoms with E-state index in [-0.39, 0.29) is 5.95 Å². The second-order valence-electron chi connectivity index (χ2n) is 4.73. The number of carbonyl (C=O) groups is 1. The van der Waals surface area contributed by atoms with Gasteiger partial charge in [0.1, 0.15) is 11.5 Å². The molecule has 0 fully saturated rings. The molecule has 122 valence electrons. The van der Waals surface area contributed by atoms with Crippen molar-refractivity contribution in [2.75, 3.05) is 5.32 Å². The average Bonchev–Trinajstić information content (AvgIpc) is 3.17. The maximum Gasteiger partial charge on any atom is 0.270 e. The normalized spacial score (nSPS) is 11.1. The number of tetrazole rings is 1. The molecule has 3 rings (SSSR count). The van der Waals surface area contributed by atoms with E-state index >= 15 is 0 Å². The fraction of sp³-hybridized carbons (Fsp3) is 0.0667. The largest absolute Gasteiger partial charge is 0.457 e. The fourth-order valence-electron chi connectivity index (χ4n) is 1.93. The highest BCUT2D eigenvalue weighted by Gasteiger charge is 2.10. The maximum atomic E-state index is 11.8. The molecule has 0 spiro atoms. The predicted molar refractivity (Wildman–Crippen MR) is 90.6 cm³/mol. The van der Waals surface area contributed by atoms with E-state index < -0.39 is 5.91 Å². The number of hydrogen-bond donors (Lipinski definition) is 1. The van der Waals surface area contributed by atoms with Crippen LogP contribution in [0, 0.1) is 0 Å². The van der Waals surface area contributed by atoms with E-state index in [1.54, 1.807) is 37.4 Å². The van der Waals surface area contributed by atoms with Crippen molar-refractivity contribution in [3.05, 3.63) is 52.2 Å². The molecule has 0 radical (unpaired) electrons. The van der Waals surface area contributed by atoms with Gasteiger partial charge in [-0.3, -0.25) is 10.1 Å². The molecule has 0 saturated carbocycles. The first-order valence-corrected chi connectivity index (χ1v) is 7.56. The Balaban J connectivity index is 1.71. The third kappa shape index (κ3) is 3.64. The molecule has 0 bridgehead atoms. The van der Waals surface area contributed by atoms with Crippen molar-refractivity contribution in [2.45, 2.75) is 0 Å². The minimum atomic E-state index is -0.401. The van der Waals surface area contributed by atoms with Gasteiger partial charge in [-0.2, -0.15) is 4.80 Å². The standard InChI is InChI=1S/C15H11Cl2N5O2/c1-22-20-15(19-21-22)18-13(23)8-6-9-5-7-12(24-9)10-3-2-4-11(16)14(10)17/h2-8H,1H3,(H,18,20,23). The topological polar surface area (TPSA) is 85.8 Å². The summed E-state index contributed by atoms with van der Waals surface area (Å²) in [6.07, 6.45) is 2.83. The van der Waals surface area contributed by atoms with Crippen LogP contribution in [0.2, 0.25) is 10.0 Å². The first-order chi connectivity index (χ1) is 11.5. The highest BCUT2D eigenvalue weighted by molar-refractivity contribution is 6.43. The Morgan fingerprint density at radius 2 is 2.12 bits per heavy atom. The van der Waals surface area contributed by atoms with E-state index in [9.17, 15) is 4.79 Å². The molecule has 0 aliphatic heterocycles. The number of halogens is 2. The minimum Gasteiger partial charge on any atom is -0.457 e. The van der Waals surface area contributed by atoms with Crippen LogP contribution in [0.5, 0.6) is 0 Å². The molecule has 1 N–H and O–H groups in total. The molecule has 9 heteroatoms. The van der Waals surface area contributed by atoms with Crippen LogP contribution in [0.3, 0.4) is 0 Å². The molecule has 0 atom stereocenters. The van der Waals surface area contributed by atoms with Crippen LogP contribution < -0.4 is 5.32 Å².